The molecular formula is C37H25NOS. The summed E-state index contributed by atoms with van der Waals surface area (Å²) in [7, 11) is 0. The van der Waals surface area contributed by atoms with E-state index in [4.69, 9.17) is 0 Å². The predicted molar refractivity (Wildman–Crippen MR) is 169 cm³/mol. The van der Waals surface area contributed by atoms with Gasteiger partial charge in [0.2, 0.25) is 0 Å². The van der Waals surface area contributed by atoms with Gasteiger partial charge in [0.25, 0.3) is 0 Å². The maximum atomic E-state index is 11.2. The molecule has 7 aromatic rings. The van der Waals surface area contributed by atoms with E-state index in [9.17, 15) is 4.79 Å². The summed E-state index contributed by atoms with van der Waals surface area (Å²) in [5.74, 6) is 0. The molecule has 0 spiro atoms. The fourth-order valence-electron chi connectivity index (χ4n) is 5.43. The number of aldehydes is 1. The minimum Gasteiger partial charge on any atom is -0.309 e. The van der Waals surface area contributed by atoms with E-state index in [1.165, 1.54) is 44.3 Å². The van der Waals surface area contributed by atoms with Gasteiger partial charge < -0.3 is 4.57 Å². The van der Waals surface area contributed by atoms with Crippen molar-refractivity contribution < 1.29 is 4.79 Å². The summed E-state index contributed by atoms with van der Waals surface area (Å²) in [6.45, 7) is 0. The van der Waals surface area contributed by atoms with E-state index in [-0.39, 0.29) is 0 Å². The van der Waals surface area contributed by atoms with Gasteiger partial charge in [-0.15, -0.1) is 11.3 Å². The highest BCUT2D eigenvalue weighted by Crippen LogP contribution is 2.36. The van der Waals surface area contributed by atoms with Gasteiger partial charge in [0, 0.05) is 21.3 Å². The first-order valence-corrected chi connectivity index (χ1v) is 14.1. The van der Waals surface area contributed by atoms with Gasteiger partial charge in [-0.2, -0.15) is 0 Å². The number of thiophene rings is 1. The van der Waals surface area contributed by atoms with Gasteiger partial charge >= 0.3 is 0 Å². The highest BCUT2D eigenvalue weighted by Gasteiger charge is 2.14. The maximum Gasteiger partial charge on any atom is 0.160 e. The lowest BCUT2D eigenvalue weighted by Crippen LogP contribution is -1.94. The Morgan fingerprint density at radius 2 is 1.25 bits per heavy atom. The number of carbonyl (C=O) groups excluding carboxylic acids is 1. The number of para-hydroxylation sites is 1. The Labute approximate surface area is 237 Å². The van der Waals surface area contributed by atoms with Crippen molar-refractivity contribution in [1.29, 1.82) is 0 Å². The second kappa shape index (κ2) is 10.3. The van der Waals surface area contributed by atoms with Crippen LogP contribution in [-0.4, -0.2) is 10.9 Å². The number of fused-ring (bicyclic) bond motifs is 3. The molecule has 2 heterocycles. The molecule has 2 nitrogen and oxygen atoms in total. The zero-order valence-electron chi connectivity index (χ0n) is 21.7. The van der Waals surface area contributed by atoms with E-state index >= 15 is 0 Å². The molecule has 0 aliphatic carbocycles. The first-order chi connectivity index (χ1) is 19.8. The molecule has 0 bridgehead atoms. The van der Waals surface area contributed by atoms with Gasteiger partial charge in [-0.25, -0.2) is 0 Å². The number of carbonyl (C=O) groups is 1. The topological polar surface area (TPSA) is 22.0 Å². The first kappa shape index (κ1) is 24.1. The maximum absolute atomic E-state index is 11.2. The highest BCUT2D eigenvalue weighted by atomic mass is 32.1. The molecule has 0 N–H and O–H groups in total. The van der Waals surface area contributed by atoms with E-state index in [2.05, 4.69) is 138 Å². The second-order valence-electron chi connectivity index (χ2n) is 9.79. The quantitative estimate of drug-likeness (QED) is 0.155. The van der Waals surface area contributed by atoms with Crippen molar-refractivity contribution in [3.63, 3.8) is 0 Å². The highest BCUT2D eigenvalue weighted by molar-refractivity contribution is 7.17. The summed E-state index contributed by atoms with van der Waals surface area (Å²) >= 11 is 1.53. The molecular weight excluding hydrogens is 506 g/mol. The first-order valence-electron chi connectivity index (χ1n) is 13.3. The standard InChI is InChI=1S/C37H25NOS/c39-25-31-20-22-37(40-31)29-17-21-36-34(24-29)32-13-7-8-14-35(32)38(36)30-18-15-26(16-19-30)23-33(27-9-3-1-4-10-27)28-11-5-2-6-12-28/h1-25H. The fourth-order valence-corrected chi connectivity index (χ4v) is 6.25. The van der Waals surface area contributed by atoms with Crippen LogP contribution < -0.4 is 0 Å². The fraction of sp³-hybridized carbons (Fsp3) is 0. The van der Waals surface area contributed by atoms with Crippen molar-refractivity contribution in [1.82, 2.24) is 4.57 Å². The van der Waals surface area contributed by atoms with Crippen LogP contribution in [0.2, 0.25) is 0 Å². The molecule has 0 atom stereocenters. The lowest BCUT2D eigenvalue weighted by Gasteiger charge is -2.11. The van der Waals surface area contributed by atoms with E-state index < -0.39 is 0 Å². The van der Waals surface area contributed by atoms with Crippen LogP contribution in [0.3, 0.4) is 0 Å². The Bertz CT molecular complexity index is 1950. The third-order valence-corrected chi connectivity index (χ3v) is 8.39. The number of benzene rings is 5. The largest absolute Gasteiger partial charge is 0.309 e. The number of hydrogen-bond acceptors (Lipinski definition) is 2. The Morgan fingerprint density at radius 3 is 1.93 bits per heavy atom. The van der Waals surface area contributed by atoms with Crippen LogP contribution in [-0.2, 0) is 0 Å². The lowest BCUT2D eigenvalue weighted by atomic mass is 9.96. The molecule has 0 radical (unpaired) electrons. The molecule has 3 heteroatoms. The Hall–Kier alpha value is -4.99. The van der Waals surface area contributed by atoms with Crippen molar-refractivity contribution in [2.45, 2.75) is 0 Å². The summed E-state index contributed by atoms with van der Waals surface area (Å²) in [4.78, 5) is 13.1. The third kappa shape index (κ3) is 4.37. The SMILES string of the molecule is O=Cc1ccc(-c2ccc3c(c2)c2ccccc2n3-c2ccc(C=C(c3ccccc3)c3ccccc3)cc2)s1. The zero-order valence-corrected chi connectivity index (χ0v) is 22.5. The van der Waals surface area contributed by atoms with E-state index in [0.29, 0.717) is 0 Å². The minimum absolute atomic E-state index is 0.745. The van der Waals surface area contributed by atoms with Crippen LogP contribution in [0.15, 0.2) is 140 Å². The smallest absolute Gasteiger partial charge is 0.160 e. The molecule has 7 rings (SSSR count). The molecule has 40 heavy (non-hydrogen) atoms. The molecule has 2 aromatic heterocycles. The van der Waals surface area contributed by atoms with Gasteiger partial charge in [0.05, 0.1) is 15.9 Å². The summed E-state index contributed by atoms with van der Waals surface area (Å²) < 4.78 is 2.34. The number of nitrogens with zero attached hydrogens (tertiary/aromatic N) is 1. The number of hydrogen-bond donors (Lipinski definition) is 0. The average Bonchev–Trinajstić information content (AvgIpc) is 3.64. The van der Waals surface area contributed by atoms with Crippen molar-refractivity contribution in [2.24, 2.45) is 0 Å². The van der Waals surface area contributed by atoms with Gasteiger partial charge in [-0.05, 0) is 76.4 Å². The molecule has 5 aromatic carbocycles. The van der Waals surface area contributed by atoms with E-state index in [1.807, 2.05) is 12.1 Å². The summed E-state index contributed by atoms with van der Waals surface area (Å²) in [5, 5.41) is 2.42. The molecule has 190 valence electrons. The van der Waals surface area contributed by atoms with Crippen LogP contribution in [0.4, 0.5) is 0 Å². The van der Waals surface area contributed by atoms with Crippen molar-refractivity contribution >= 4 is 51.1 Å². The van der Waals surface area contributed by atoms with Gasteiger partial charge in [0.15, 0.2) is 6.29 Å². The molecule has 0 aliphatic heterocycles. The second-order valence-corrected chi connectivity index (χ2v) is 10.9. The normalized spacial score (nSPS) is 11.1. The third-order valence-electron chi connectivity index (χ3n) is 7.33. The Kier molecular flexibility index (Phi) is 6.19. The number of aromatic nitrogens is 1. The Balaban J connectivity index is 1.33. The molecule has 0 aliphatic rings. The van der Waals surface area contributed by atoms with Crippen LogP contribution in [0.25, 0.3) is 49.6 Å². The van der Waals surface area contributed by atoms with Crippen LogP contribution in [0, 0.1) is 0 Å². The van der Waals surface area contributed by atoms with Crippen molar-refractivity contribution in [2.75, 3.05) is 0 Å². The van der Waals surface area contributed by atoms with Crippen LogP contribution in [0.5, 0.6) is 0 Å². The minimum atomic E-state index is 0.745. The molecule has 0 saturated carbocycles. The van der Waals surface area contributed by atoms with E-state index in [0.717, 1.165) is 38.4 Å². The summed E-state index contributed by atoms with van der Waals surface area (Å²) in [6, 6.07) is 49.0. The summed E-state index contributed by atoms with van der Waals surface area (Å²) in [6.07, 6.45) is 3.18. The molecule has 0 fully saturated rings. The van der Waals surface area contributed by atoms with Gasteiger partial charge in [-0.3, -0.25) is 4.79 Å². The van der Waals surface area contributed by atoms with Crippen LogP contribution in [0.1, 0.15) is 26.4 Å². The molecule has 0 unspecified atom stereocenters. The number of rotatable bonds is 6. The average molecular weight is 532 g/mol. The monoisotopic (exact) mass is 531 g/mol. The van der Waals surface area contributed by atoms with Gasteiger partial charge in [-0.1, -0.05) is 97.1 Å². The van der Waals surface area contributed by atoms with Crippen LogP contribution >= 0.6 is 11.3 Å². The molecule has 0 amide bonds. The van der Waals surface area contributed by atoms with Crippen molar-refractivity contribution in [3.05, 3.63) is 161 Å². The summed E-state index contributed by atoms with van der Waals surface area (Å²) in [5.41, 5.74) is 9.33. The Morgan fingerprint density at radius 1 is 0.600 bits per heavy atom. The van der Waals surface area contributed by atoms with Crippen molar-refractivity contribution in [3.8, 4) is 16.1 Å². The van der Waals surface area contributed by atoms with E-state index in [1.54, 1.807) is 0 Å². The lowest BCUT2D eigenvalue weighted by molar-refractivity contribution is 0.112. The molecule has 0 saturated heterocycles. The predicted octanol–water partition coefficient (Wildman–Crippen LogP) is 9.91. The van der Waals surface area contributed by atoms with Gasteiger partial charge in [0.1, 0.15) is 0 Å². The zero-order chi connectivity index (χ0) is 26.9.